The number of carbonyl (C=O) groups is 4. The molecule has 1 fully saturated rings. The lowest BCUT2D eigenvalue weighted by atomic mass is 10.1. The number of halogens is 1. The molecule has 0 bridgehead atoms. The summed E-state index contributed by atoms with van der Waals surface area (Å²) < 4.78 is 15.0. The van der Waals surface area contributed by atoms with E-state index in [2.05, 4.69) is 5.32 Å². The van der Waals surface area contributed by atoms with Gasteiger partial charge in [0, 0.05) is 50.0 Å². The van der Waals surface area contributed by atoms with Crippen LogP contribution in [-0.2, 0) is 20.9 Å². The molecule has 5 rings (SSSR count). The molecule has 2 aliphatic heterocycles. The predicted octanol–water partition coefficient (Wildman–Crippen LogP) is 3.54. The van der Waals surface area contributed by atoms with E-state index < -0.39 is 17.9 Å². The van der Waals surface area contributed by atoms with E-state index in [1.807, 2.05) is 37.3 Å². The van der Waals surface area contributed by atoms with Gasteiger partial charge >= 0.3 is 0 Å². The highest BCUT2D eigenvalue weighted by molar-refractivity contribution is 5.98. The van der Waals surface area contributed by atoms with E-state index in [4.69, 9.17) is 10.1 Å². The third kappa shape index (κ3) is 6.72. The molecule has 0 unspecified atom stereocenters. The Kier molecular flexibility index (Phi) is 9.04. The monoisotopic (exact) mass is 574 g/mol. The molecule has 42 heavy (non-hydrogen) atoms. The molecular weight excluding hydrogens is 539 g/mol. The number of amides is 3. The van der Waals surface area contributed by atoms with Crippen LogP contribution in [0.5, 0.6) is 0 Å². The quantitative estimate of drug-likeness (QED) is 0.466. The maximum Gasteiger partial charge on any atom is 0.243 e. The zero-order chi connectivity index (χ0) is 29.6. The van der Waals surface area contributed by atoms with Crippen LogP contribution in [0.15, 0.2) is 54.6 Å². The SMILES string of the molecule is C[C@@H]1NC(=O)[C@@H]2CCCN2C(=O)CCCN(C(=O)CCC(=O)c2ccc(F)cc2)CCn2nc(-c3ccccc3)nc21. The van der Waals surface area contributed by atoms with Gasteiger partial charge in [0.05, 0.1) is 12.6 Å². The topological polar surface area (TPSA) is 118 Å². The molecule has 0 aliphatic carbocycles. The van der Waals surface area contributed by atoms with E-state index in [1.54, 1.807) is 14.5 Å². The Hall–Kier alpha value is -4.41. The minimum atomic E-state index is -0.539. The summed E-state index contributed by atoms with van der Waals surface area (Å²) in [5, 5.41) is 7.76. The van der Waals surface area contributed by atoms with Crippen LogP contribution in [-0.4, -0.2) is 73.7 Å². The van der Waals surface area contributed by atoms with Crippen LogP contribution < -0.4 is 5.32 Å². The van der Waals surface area contributed by atoms with Crippen molar-refractivity contribution in [3.63, 3.8) is 0 Å². The van der Waals surface area contributed by atoms with Gasteiger partial charge < -0.3 is 15.1 Å². The van der Waals surface area contributed by atoms with Crippen molar-refractivity contribution in [3.8, 4) is 11.4 Å². The highest BCUT2D eigenvalue weighted by atomic mass is 19.1. The molecule has 11 heteroatoms. The molecule has 0 spiro atoms. The molecule has 1 aromatic heterocycles. The highest BCUT2D eigenvalue weighted by Gasteiger charge is 2.35. The van der Waals surface area contributed by atoms with Crippen LogP contribution in [0.25, 0.3) is 11.4 Å². The van der Waals surface area contributed by atoms with Crippen molar-refractivity contribution >= 4 is 23.5 Å². The molecular formula is C31H35FN6O4. The van der Waals surface area contributed by atoms with Gasteiger partial charge in [0.25, 0.3) is 0 Å². The Morgan fingerprint density at radius 3 is 2.48 bits per heavy atom. The standard InChI is InChI=1S/C31H35FN6O4/c1-21-30-34-29(23-7-3-2-4-8-23)35-38(30)20-19-36(27(40)16-15-26(39)22-11-13-24(32)14-12-22)17-6-10-28(41)37-18-5-9-25(37)31(42)33-21/h2-4,7-8,11-14,21,25H,5-6,9-10,15-20H2,1H3,(H,33,42)/t21-,25-/m0/s1. The molecule has 0 radical (unpaired) electrons. The van der Waals surface area contributed by atoms with Gasteiger partial charge in [-0.15, -0.1) is 0 Å². The fourth-order valence-corrected chi connectivity index (χ4v) is 5.56. The maximum atomic E-state index is 13.4. The first kappa shape index (κ1) is 29.1. The molecule has 1 saturated heterocycles. The van der Waals surface area contributed by atoms with Gasteiger partial charge in [0.15, 0.2) is 11.6 Å². The number of nitrogens with one attached hydrogen (secondary N) is 1. The largest absolute Gasteiger partial charge is 0.345 e. The average molecular weight is 575 g/mol. The predicted molar refractivity (Wildman–Crippen MR) is 153 cm³/mol. The van der Waals surface area contributed by atoms with Crippen molar-refractivity contribution in [1.82, 2.24) is 29.9 Å². The third-order valence-electron chi connectivity index (χ3n) is 7.84. The molecule has 1 N–H and O–H groups in total. The summed E-state index contributed by atoms with van der Waals surface area (Å²) in [6.07, 6.45) is 1.97. The number of benzene rings is 2. The highest BCUT2D eigenvalue weighted by Crippen LogP contribution is 2.23. The van der Waals surface area contributed by atoms with Crippen LogP contribution in [0.4, 0.5) is 4.39 Å². The minimum absolute atomic E-state index is 0.00878. The van der Waals surface area contributed by atoms with Crippen molar-refractivity contribution in [2.24, 2.45) is 0 Å². The van der Waals surface area contributed by atoms with Gasteiger partial charge in [-0.3, -0.25) is 19.2 Å². The summed E-state index contributed by atoms with van der Waals surface area (Å²) in [4.78, 5) is 60.4. The summed E-state index contributed by atoms with van der Waals surface area (Å²) >= 11 is 0. The van der Waals surface area contributed by atoms with E-state index in [0.29, 0.717) is 49.7 Å². The number of rotatable bonds is 5. The zero-order valence-electron chi connectivity index (χ0n) is 23.7. The fourth-order valence-electron chi connectivity index (χ4n) is 5.56. The van der Waals surface area contributed by atoms with Crippen molar-refractivity contribution < 1.29 is 23.6 Å². The van der Waals surface area contributed by atoms with Crippen molar-refractivity contribution in [3.05, 3.63) is 71.8 Å². The second kappa shape index (κ2) is 13.1. The van der Waals surface area contributed by atoms with E-state index >= 15 is 0 Å². The smallest absolute Gasteiger partial charge is 0.243 e. The van der Waals surface area contributed by atoms with Crippen molar-refractivity contribution in [2.75, 3.05) is 19.6 Å². The lowest BCUT2D eigenvalue weighted by molar-refractivity contribution is -0.139. The second-order valence-electron chi connectivity index (χ2n) is 10.8. The first-order valence-electron chi connectivity index (χ1n) is 14.5. The molecule has 10 nitrogen and oxygen atoms in total. The molecule has 3 heterocycles. The Morgan fingerprint density at radius 1 is 0.952 bits per heavy atom. The first-order valence-corrected chi connectivity index (χ1v) is 14.5. The van der Waals surface area contributed by atoms with Gasteiger partial charge in [-0.05, 0) is 50.5 Å². The van der Waals surface area contributed by atoms with Crippen LogP contribution in [0.3, 0.4) is 0 Å². The lowest BCUT2D eigenvalue weighted by Gasteiger charge is -2.28. The Balaban J connectivity index is 1.38. The molecule has 220 valence electrons. The summed E-state index contributed by atoms with van der Waals surface area (Å²) in [6.45, 7) is 3.29. The number of ketones is 1. The van der Waals surface area contributed by atoms with Crippen LogP contribution >= 0.6 is 0 Å². The van der Waals surface area contributed by atoms with Crippen molar-refractivity contribution in [2.45, 2.75) is 64.1 Å². The average Bonchev–Trinajstić information content (AvgIpc) is 3.66. The molecule has 2 atom stereocenters. The first-order chi connectivity index (χ1) is 20.3. The van der Waals surface area contributed by atoms with E-state index in [9.17, 15) is 23.6 Å². The summed E-state index contributed by atoms with van der Waals surface area (Å²) in [5.74, 6) is -0.133. The third-order valence-corrected chi connectivity index (χ3v) is 7.84. The summed E-state index contributed by atoms with van der Waals surface area (Å²) in [6, 6.07) is 13.8. The fraction of sp³-hybridized carbons (Fsp3) is 0.419. The number of nitrogens with zero attached hydrogens (tertiary/aromatic N) is 5. The van der Waals surface area contributed by atoms with Gasteiger partial charge in [-0.1, -0.05) is 30.3 Å². The number of hydrogen-bond donors (Lipinski definition) is 1. The minimum Gasteiger partial charge on any atom is -0.345 e. The normalized spacial score (nSPS) is 20.0. The zero-order valence-corrected chi connectivity index (χ0v) is 23.7. The van der Waals surface area contributed by atoms with E-state index in [1.165, 1.54) is 24.3 Å². The summed E-state index contributed by atoms with van der Waals surface area (Å²) in [5.41, 5.74) is 1.18. The van der Waals surface area contributed by atoms with E-state index in [-0.39, 0.29) is 49.3 Å². The molecule has 3 amide bonds. The Labute approximate surface area is 243 Å². The maximum absolute atomic E-state index is 13.4. The van der Waals surface area contributed by atoms with Gasteiger partial charge in [-0.2, -0.15) is 5.10 Å². The molecule has 0 saturated carbocycles. The van der Waals surface area contributed by atoms with E-state index in [0.717, 1.165) is 12.0 Å². The number of hydrogen-bond acceptors (Lipinski definition) is 6. The number of Topliss-reactive ketones (excluding diaryl/α,β-unsaturated/α-hetero) is 1. The van der Waals surface area contributed by atoms with Gasteiger partial charge in [0.2, 0.25) is 17.7 Å². The number of fused-ring (bicyclic) bond motifs is 2. The molecule has 3 aromatic rings. The lowest BCUT2D eigenvalue weighted by Crippen LogP contribution is -2.47. The van der Waals surface area contributed by atoms with Crippen molar-refractivity contribution in [1.29, 1.82) is 0 Å². The molecule has 2 aliphatic rings. The summed E-state index contributed by atoms with van der Waals surface area (Å²) in [7, 11) is 0. The van der Waals surface area contributed by atoms with Gasteiger partial charge in [0.1, 0.15) is 17.7 Å². The molecule has 2 aromatic carbocycles. The number of aromatic nitrogens is 3. The van der Waals surface area contributed by atoms with Crippen LogP contribution in [0, 0.1) is 5.82 Å². The number of carbonyl (C=O) groups excluding carboxylic acids is 4. The van der Waals surface area contributed by atoms with Crippen LogP contribution in [0.1, 0.15) is 67.7 Å². The van der Waals surface area contributed by atoms with Crippen LogP contribution in [0.2, 0.25) is 0 Å². The Morgan fingerprint density at radius 2 is 1.71 bits per heavy atom. The Bertz CT molecular complexity index is 1440. The second-order valence-corrected chi connectivity index (χ2v) is 10.8. The van der Waals surface area contributed by atoms with Gasteiger partial charge in [-0.25, -0.2) is 14.1 Å².